The van der Waals surface area contributed by atoms with Crippen LogP contribution in [0.2, 0.25) is 10.0 Å². The minimum absolute atomic E-state index is 0. The Hall–Kier alpha value is -1.60. The Bertz CT molecular complexity index is 1160. The van der Waals surface area contributed by atoms with Crippen LogP contribution in [0.15, 0.2) is 24.4 Å². The third kappa shape index (κ3) is 4.62. The van der Waals surface area contributed by atoms with Gasteiger partial charge in [-0.2, -0.15) is 5.10 Å². The minimum atomic E-state index is -0.0900. The van der Waals surface area contributed by atoms with Crippen LogP contribution in [-0.4, -0.2) is 56.4 Å². The van der Waals surface area contributed by atoms with E-state index in [9.17, 15) is 0 Å². The van der Waals surface area contributed by atoms with Crippen molar-refractivity contribution in [3.05, 3.63) is 45.7 Å². The number of hydrogen-bond donors (Lipinski definition) is 0. The van der Waals surface area contributed by atoms with Crippen LogP contribution in [0, 0.1) is 12.8 Å². The normalized spacial score (nSPS) is 24.4. The standard InChI is InChI=1S/C25H32Cl2N6.ClH/c1-15-14-32(16(2)11-22(15)31-9-5-6-10-31)23-13-28-24-17(3)30-33(25(24)29-23)18(4)20-8-7-19(26)12-21(20)27;/h7-8,12-13,15-16,18,22H,5-6,9-11,14H2,1-4H3;1H/t15-,16-,18+,22?;/m0./s1. The molecule has 0 bridgehead atoms. The maximum absolute atomic E-state index is 6.51. The molecule has 2 fully saturated rings. The van der Waals surface area contributed by atoms with E-state index in [1.54, 1.807) is 6.07 Å². The number of anilines is 1. The van der Waals surface area contributed by atoms with Gasteiger partial charge in [0, 0.05) is 28.7 Å². The lowest BCUT2D eigenvalue weighted by atomic mass is 9.88. The van der Waals surface area contributed by atoms with E-state index in [1.807, 2.05) is 29.9 Å². The Labute approximate surface area is 218 Å². The predicted molar refractivity (Wildman–Crippen MR) is 143 cm³/mol. The molecule has 0 aliphatic carbocycles. The van der Waals surface area contributed by atoms with E-state index < -0.39 is 0 Å². The zero-order chi connectivity index (χ0) is 23.3. The first-order chi connectivity index (χ1) is 15.8. The Balaban J connectivity index is 0.00000274. The summed E-state index contributed by atoms with van der Waals surface area (Å²) in [6, 6.07) is 6.59. The van der Waals surface area contributed by atoms with E-state index in [0.717, 1.165) is 41.2 Å². The Kier molecular flexibility index (Phi) is 7.63. The second-order valence-electron chi connectivity index (χ2n) is 9.80. The van der Waals surface area contributed by atoms with Gasteiger partial charge < -0.3 is 4.90 Å². The van der Waals surface area contributed by atoms with Gasteiger partial charge in [0.2, 0.25) is 0 Å². The van der Waals surface area contributed by atoms with Crippen molar-refractivity contribution in [1.29, 1.82) is 0 Å². The van der Waals surface area contributed by atoms with Gasteiger partial charge in [-0.25, -0.2) is 14.6 Å². The summed E-state index contributed by atoms with van der Waals surface area (Å²) in [6.07, 6.45) is 5.75. The molecule has 9 heteroatoms. The van der Waals surface area contributed by atoms with Crippen molar-refractivity contribution in [3.63, 3.8) is 0 Å². The molecule has 4 atom stereocenters. The van der Waals surface area contributed by atoms with Gasteiger partial charge in [0.15, 0.2) is 5.65 Å². The number of benzene rings is 1. The molecule has 4 heterocycles. The lowest BCUT2D eigenvalue weighted by molar-refractivity contribution is 0.143. The van der Waals surface area contributed by atoms with E-state index in [0.29, 0.717) is 28.0 Å². The number of fused-ring (bicyclic) bond motifs is 1. The van der Waals surface area contributed by atoms with Crippen molar-refractivity contribution in [2.45, 2.75) is 65.1 Å². The molecule has 2 aliphatic rings. The summed E-state index contributed by atoms with van der Waals surface area (Å²) in [4.78, 5) is 15.0. The van der Waals surface area contributed by atoms with Crippen molar-refractivity contribution in [2.24, 2.45) is 5.92 Å². The molecule has 1 unspecified atom stereocenters. The summed E-state index contributed by atoms with van der Waals surface area (Å²) in [5.74, 6) is 1.52. The summed E-state index contributed by atoms with van der Waals surface area (Å²) in [6.45, 7) is 12.3. The van der Waals surface area contributed by atoms with E-state index >= 15 is 0 Å². The maximum atomic E-state index is 6.51. The molecular formula is C25H33Cl3N6. The average molecular weight is 524 g/mol. The average Bonchev–Trinajstić information content (AvgIpc) is 3.43. The molecule has 34 heavy (non-hydrogen) atoms. The van der Waals surface area contributed by atoms with Gasteiger partial charge in [-0.1, -0.05) is 36.2 Å². The molecule has 0 saturated carbocycles. The second-order valence-corrected chi connectivity index (χ2v) is 10.6. The molecule has 2 aromatic heterocycles. The van der Waals surface area contributed by atoms with Crippen molar-refractivity contribution in [3.8, 4) is 0 Å². The van der Waals surface area contributed by atoms with Crippen LogP contribution in [0.3, 0.4) is 0 Å². The highest BCUT2D eigenvalue weighted by Gasteiger charge is 2.36. The third-order valence-corrected chi connectivity index (χ3v) is 8.06. The van der Waals surface area contributed by atoms with Gasteiger partial charge in [-0.3, -0.25) is 4.90 Å². The van der Waals surface area contributed by atoms with Crippen molar-refractivity contribution in [2.75, 3.05) is 24.5 Å². The van der Waals surface area contributed by atoms with Crippen molar-refractivity contribution >= 4 is 52.6 Å². The third-order valence-electron chi connectivity index (χ3n) is 7.50. The Morgan fingerprint density at radius 3 is 2.56 bits per heavy atom. The highest BCUT2D eigenvalue weighted by molar-refractivity contribution is 6.35. The molecule has 3 aromatic rings. The molecule has 184 valence electrons. The van der Waals surface area contributed by atoms with E-state index in [-0.39, 0.29) is 18.4 Å². The van der Waals surface area contributed by atoms with Gasteiger partial charge in [0.05, 0.1) is 17.9 Å². The van der Waals surface area contributed by atoms with Crippen LogP contribution >= 0.6 is 35.6 Å². The number of piperidine rings is 1. The monoisotopic (exact) mass is 522 g/mol. The van der Waals surface area contributed by atoms with E-state index in [2.05, 4.69) is 30.6 Å². The molecule has 0 spiro atoms. The quantitative estimate of drug-likeness (QED) is 0.409. The number of hydrogen-bond acceptors (Lipinski definition) is 5. The zero-order valence-corrected chi connectivity index (χ0v) is 22.5. The molecule has 1 aromatic carbocycles. The van der Waals surface area contributed by atoms with Gasteiger partial charge in [0.25, 0.3) is 0 Å². The maximum Gasteiger partial charge on any atom is 0.179 e. The molecule has 0 N–H and O–H groups in total. The summed E-state index contributed by atoms with van der Waals surface area (Å²) >= 11 is 12.6. The molecule has 2 saturated heterocycles. The minimum Gasteiger partial charge on any atom is -0.352 e. The molecule has 5 rings (SSSR count). The van der Waals surface area contributed by atoms with Crippen molar-refractivity contribution in [1.82, 2.24) is 24.6 Å². The first kappa shape index (κ1) is 25.5. The summed E-state index contributed by atoms with van der Waals surface area (Å²) < 4.78 is 1.95. The summed E-state index contributed by atoms with van der Waals surface area (Å²) in [5.41, 5.74) is 3.47. The van der Waals surface area contributed by atoms with E-state index in [4.69, 9.17) is 38.3 Å². The zero-order valence-electron chi connectivity index (χ0n) is 20.2. The fourth-order valence-electron chi connectivity index (χ4n) is 5.64. The van der Waals surface area contributed by atoms with Gasteiger partial charge in [-0.15, -0.1) is 12.4 Å². The summed E-state index contributed by atoms with van der Waals surface area (Å²) in [7, 11) is 0. The molecule has 0 radical (unpaired) electrons. The Morgan fingerprint density at radius 2 is 1.85 bits per heavy atom. The lowest BCUT2D eigenvalue weighted by Crippen LogP contribution is -2.53. The number of rotatable bonds is 4. The van der Waals surface area contributed by atoms with Crippen LogP contribution < -0.4 is 4.90 Å². The second kappa shape index (κ2) is 10.2. The van der Waals surface area contributed by atoms with Crippen LogP contribution in [0.5, 0.6) is 0 Å². The van der Waals surface area contributed by atoms with Crippen LogP contribution in [0.1, 0.15) is 57.3 Å². The number of halogens is 3. The molecular weight excluding hydrogens is 491 g/mol. The molecule has 6 nitrogen and oxygen atoms in total. The van der Waals surface area contributed by atoms with E-state index in [1.165, 1.54) is 25.9 Å². The topological polar surface area (TPSA) is 50.1 Å². The fraction of sp³-hybridized carbons (Fsp3) is 0.560. The van der Waals surface area contributed by atoms with Gasteiger partial charge in [0.1, 0.15) is 11.3 Å². The van der Waals surface area contributed by atoms with Crippen LogP contribution in [0.4, 0.5) is 5.82 Å². The molecule has 2 aliphatic heterocycles. The largest absolute Gasteiger partial charge is 0.352 e. The fourth-order valence-corrected chi connectivity index (χ4v) is 6.21. The highest BCUT2D eigenvalue weighted by atomic mass is 35.5. The van der Waals surface area contributed by atoms with Crippen LogP contribution in [-0.2, 0) is 0 Å². The number of likely N-dealkylation sites (tertiary alicyclic amines) is 1. The summed E-state index contributed by atoms with van der Waals surface area (Å²) in [5, 5.41) is 6.05. The van der Waals surface area contributed by atoms with Crippen LogP contribution in [0.25, 0.3) is 11.2 Å². The van der Waals surface area contributed by atoms with Gasteiger partial charge >= 0.3 is 0 Å². The predicted octanol–water partition coefficient (Wildman–Crippen LogP) is 6.17. The first-order valence-electron chi connectivity index (χ1n) is 12.0. The highest BCUT2D eigenvalue weighted by Crippen LogP contribution is 2.34. The lowest BCUT2D eigenvalue weighted by Gasteiger charge is -2.45. The number of aryl methyl sites for hydroxylation is 1. The SMILES string of the molecule is Cc1nn([C@H](C)c2ccc(Cl)cc2Cl)c2nc(N3C[C@H](C)C(N4CCCC4)C[C@@H]3C)cnc12.Cl. The first-order valence-corrected chi connectivity index (χ1v) is 12.8. The van der Waals surface area contributed by atoms with Gasteiger partial charge in [-0.05, 0) is 76.7 Å². The number of nitrogens with zero attached hydrogens (tertiary/aromatic N) is 6. The van der Waals surface area contributed by atoms with Crippen molar-refractivity contribution < 1.29 is 0 Å². The molecule has 0 amide bonds. The Morgan fingerprint density at radius 1 is 1.12 bits per heavy atom. The smallest absolute Gasteiger partial charge is 0.179 e. The number of aromatic nitrogens is 4.